The highest BCUT2D eigenvalue weighted by atomic mass is 32.1. The van der Waals surface area contributed by atoms with Crippen molar-refractivity contribution >= 4 is 39.2 Å². The molecule has 146 valence electrons. The van der Waals surface area contributed by atoms with Gasteiger partial charge in [0.2, 0.25) is 0 Å². The van der Waals surface area contributed by atoms with Gasteiger partial charge in [0.1, 0.15) is 5.01 Å². The summed E-state index contributed by atoms with van der Waals surface area (Å²) in [5.74, 6) is -1.18. The molecule has 5 nitrogen and oxygen atoms in total. The van der Waals surface area contributed by atoms with E-state index in [1.165, 1.54) is 23.5 Å². The number of aliphatic carboxylic acids is 1. The van der Waals surface area contributed by atoms with E-state index in [0.717, 1.165) is 10.2 Å². The molecule has 0 aliphatic rings. The van der Waals surface area contributed by atoms with Crippen LogP contribution < -0.4 is 14.6 Å². The Balaban J connectivity index is 2.02. The summed E-state index contributed by atoms with van der Waals surface area (Å²) in [6.45, 7) is -0.995. The van der Waals surface area contributed by atoms with Crippen molar-refractivity contribution in [3.63, 3.8) is 0 Å². The van der Waals surface area contributed by atoms with Crippen LogP contribution in [0.1, 0.15) is 23.9 Å². The molecule has 0 saturated heterocycles. The van der Waals surface area contributed by atoms with Crippen LogP contribution in [0.3, 0.4) is 0 Å². The monoisotopic (exact) mass is 404 g/mol. The molecule has 1 heterocycles. The van der Waals surface area contributed by atoms with Crippen molar-refractivity contribution in [2.75, 3.05) is 6.61 Å². The Bertz CT molecular complexity index is 983. The molecule has 1 aromatic heterocycles. The number of carbonyl (C=O) groups is 1. The summed E-state index contributed by atoms with van der Waals surface area (Å²) in [5.41, 5.74) is 1.79. The minimum atomic E-state index is -2.98. The molecule has 0 atom stereocenters. The number of fused-ring (bicyclic) bond motifs is 1. The second kappa shape index (κ2) is 8.79. The summed E-state index contributed by atoms with van der Waals surface area (Å²) >= 11 is 1.37. The Morgan fingerprint density at radius 2 is 2.04 bits per heavy atom. The molecule has 0 N–H and O–H groups in total. The summed E-state index contributed by atoms with van der Waals surface area (Å²) in [7, 11) is 0. The van der Waals surface area contributed by atoms with Gasteiger partial charge in [-0.25, -0.2) is 4.98 Å². The number of alkyl halides is 2. The van der Waals surface area contributed by atoms with Crippen molar-refractivity contribution in [3.8, 4) is 11.5 Å². The number of halogens is 2. The van der Waals surface area contributed by atoms with E-state index in [2.05, 4.69) is 9.72 Å². The van der Waals surface area contributed by atoms with Crippen molar-refractivity contribution in [1.29, 1.82) is 0 Å². The van der Waals surface area contributed by atoms with Gasteiger partial charge in [-0.3, -0.25) is 0 Å². The third kappa shape index (κ3) is 4.83. The summed E-state index contributed by atoms with van der Waals surface area (Å²) in [6, 6.07) is 11.9. The quantitative estimate of drug-likeness (QED) is 0.568. The number of carboxylic acids is 1. The smallest absolute Gasteiger partial charge is 0.387 e. The second-order valence-electron chi connectivity index (χ2n) is 5.72. The van der Waals surface area contributed by atoms with Gasteiger partial charge in [-0.2, -0.15) is 8.78 Å². The maximum atomic E-state index is 12.5. The van der Waals surface area contributed by atoms with E-state index in [-0.39, 0.29) is 24.5 Å². The average molecular weight is 404 g/mol. The molecule has 2 aromatic carbocycles. The predicted molar refractivity (Wildman–Crippen MR) is 101 cm³/mol. The molecule has 0 bridgehead atoms. The molecule has 0 fully saturated rings. The number of para-hydroxylation sites is 1. The lowest BCUT2D eigenvalue weighted by molar-refractivity contribution is -0.304. The first kappa shape index (κ1) is 19.8. The number of carbonyl (C=O) groups excluding carboxylic acids is 1. The molecule has 0 spiro atoms. The first-order valence-corrected chi connectivity index (χ1v) is 9.26. The van der Waals surface area contributed by atoms with E-state index < -0.39 is 12.6 Å². The first-order valence-electron chi connectivity index (χ1n) is 8.44. The summed E-state index contributed by atoms with van der Waals surface area (Å²) in [6.07, 6.45) is 1.29. The zero-order valence-corrected chi connectivity index (χ0v) is 15.7. The van der Waals surface area contributed by atoms with Crippen LogP contribution in [0.5, 0.6) is 11.5 Å². The molecule has 8 heteroatoms. The number of nitrogens with zero attached hydrogens (tertiary/aromatic N) is 1. The largest absolute Gasteiger partial charge is 0.550 e. The minimum absolute atomic E-state index is 0.0876. The Morgan fingerprint density at radius 3 is 2.71 bits per heavy atom. The SMILES string of the molecule is CCOc1cc(/C=C(\CC(=O)[O-])c2nc3ccccc3s2)ccc1OC(F)F. The lowest BCUT2D eigenvalue weighted by atomic mass is 10.1. The number of hydrogen-bond acceptors (Lipinski definition) is 6. The van der Waals surface area contributed by atoms with Crippen molar-refractivity contribution < 1.29 is 28.2 Å². The Hall–Kier alpha value is -3.00. The van der Waals surface area contributed by atoms with Crippen molar-refractivity contribution in [2.45, 2.75) is 20.0 Å². The number of benzene rings is 2. The maximum Gasteiger partial charge on any atom is 0.387 e. The van der Waals surface area contributed by atoms with Crippen LogP contribution in [-0.2, 0) is 4.79 Å². The number of rotatable bonds is 8. The Kier molecular flexibility index (Phi) is 6.20. The Labute approximate surface area is 163 Å². The van der Waals surface area contributed by atoms with Crippen LogP contribution in [0.2, 0.25) is 0 Å². The highest BCUT2D eigenvalue weighted by molar-refractivity contribution is 7.19. The number of hydrogen-bond donors (Lipinski definition) is 0. The topological polar surface area (TPSA) is 71.5 Å². The van der Waals surface area contributed by atoms with E-state index in [4.69, 9.17) is 4.74 Å². The number of carboxylic acid groups (broad SMARTS) is 1. The van der Waals surface area contributed by atoms with Gasteiger partial charge in [-0.15, -0.1) is 11.3 Å². The maximum absolute atomic E-state index is 12.5. The van der Waals surface area contributed by atoms with Crippen LogP contribution in [0.4, 0.5) is 8.78 Å². The predicted octanol–water partition coefficient (Wildman–Crippen LogP) is 3.98. The second-order valence-corrected chi connectivity index (χ2v) is 6.75. The van der Waals surface area contributed by atoms with Gasteiger partial charge in [0, 0.05) is 12.4 Å². The average Bonchev–Trinajstić information content (AvgIpc) is 3.07. The molecule has 0 unspecified atom stereocenters. The van der Waals surface area contributed by atoms with Crippen LogP contribution >= 0.6 is 11.3 Å². The van der Waals surface area contributed by atoms with Gasteiger partial charge in [-0.05, 0) is 48.4 Å². The van der Waals surface area contributed by atoms with E-state index in [9.17, 15) is 18.7 Å². The van der Waals surface area contributed by atoms with Crippen LogP contribution in [0.15, 0.2) is 42.5 Å². The molecular weight excluding hydrogens is 388 g/mol. The molecule has 3 rings (SSSR count). The zero-order chi connectivity index (χ0) is 20.1. The summed E-state index contributed by atoms with van der Waals surface area (Å²) in [4.78, 5) is 15.7. The number of ether oxygens (including phenoxy) is 2. The standard InChI is InChI=1S/C20H17F2NO4S/c1-2-26-16-10-12(7-8-15(16)27-20(21)22)9-13(11-18(24)25)19-23-14-5-3-4-6-17(14)28-19/h3-10,20H,2,11H2,1H3,(H,24,25)/p-1/b13-9+. The fraction of sp³-hybridized carbons (Fsp3) is 0.200. The number of aromatic nitrogens is 1. The van der Waals surface area contributed by atoms with E-state index in [1.807, 2.05) is 24.3 Å². The van der Waals surface area contributed by atoms with Gasteiger partial charge in [-0.1, -0.05) is 18.2 Å². The lowest BCUT2D eigenvalue weighted by Gasteiger charge is -2.12. The van der Waals surface area contributed by atoms with Crippen LogP contribution in [-0.4, -0.2) is 24.2 Å². The van der Waals surface area contributed by atoms with E-state index >= 15 is 0 Å². The lowest BCUT2D eigenvalue weighted by Crippen LogP contribution is -2.22. The zero-order valence-electron chi connectivity index (χ0n) is 14.9. The van der Waals surface area contributed by atoms with E-state index in [1.54, 1.807) is 19.1 Å². The van der Waals surface area contributed by atoms with Gasteiger partial charge >= 0.3 is 6.61 Å². The van der Waals surface area contributed by atoms with Crippen LogP contribution in [0, 0.1) is 0 Å². The molecular formula is C20H16F2NO4S-. The minimum Gasteiger partial charge on any atom is -0.550 e. The first-order chi connectivity index (χ1) is 13.5. The van der Waals surface area contributed by atoms with Gasteiger partial charge in [0.25, 0.3) is 0 Å². The fourth-order valence-corrected chi connectivity index (χ4v) is 3.61. The fourth-order valence-electron chi connectivity index (χ4n) is 2.63. The van der Waals surface area contributed by atoms with Crippen LogP contribution in [0.25, 0.3) is 21.9 Å². The molecule has 3 aromatic rings. The summed E-state index contributed by atoms with van der Waals surface area (Å²) in [5, 5.41) is 11.8. The molecule has 28 heavy (non-hydrogen) atoms. The molecule has 0 aliphatic carbocycles. The molecule has 0 amide bonds. The molecule has 0 saturated carbocycles. The highest BCUT2D eigenvalue weighted by Gasteiger charge is 2.13. The third-order valence-corrected chi connectivity index (χ3v) is 4.84. The van der Waals surface area contributed by atoms with E-state index in [0.29, 0.717) is 16.1 Å². The van der Waals surface area contributed by atoms with Gasteiger partial charge in [0.05, 0.1) is 16.8 Å². The normalized spacial score (nSPS) is 11.8. The van der Waals surface area contributed by atoms with Gasteiger partial charge < -0.3 is 19.4 Å². The number of thiazole rings is 1. The third-order valence-electron chi connectivity index (χ3n) is 3.73. The molecule has 0 aliphatic heterocycles. The Morgan fingerprint density at radius 1 is 1.25 bits per heavy atom. The van der Waals surface area contributed by atoms with Crippen molar-refractivity contribution in [1.82, 2.24) is 4.98 Å². The van der Waals surface area contributed by atoms with Crippen molar-refractivity contribution in [2.24, 2.45) is 0 Å². The highest BCUT2D eigenvalue weighted by Crippen LogP contribution is 2.33. The molecule has 0 radical (unpaired) electrons. The summed E-state index contributed by atoms with van der Waals surface area (Å²) < 4.78 is 35.8. The van der Waals surface area contributed by atoms with Gasteiger partial charge in [0.15, 0.2) is 11.5 Å². The van der Waals surface area contributed by atoms with Crippen molar-refractivity contribution in [3.05, 3.63) is 53.0 Å².